The van der Waals surface area contributed by atoms with Crippen molar-refractivity contribution in [2.24, 2.45) is 5.92 Å². The highest BCUT2D eigenvalue weighted by Gasteiger charge is 2.48. The Morgan fingerprint density at radius 1 is 1.24 bits per heavy atom. The molecule has 0 saturated heterocycles. The van der Waals surface area contributed by atoms with Crippen LogP contribution in [-0.4, -0.2) is 34.6 Å². The summed E-state index contributed by atoms with van der Waals surface area (Å²) in [4.78, 5) is 23.2. The molecule has 0 aromatic carbocycles. The molecule has 2 heterocycles. The first-order chi connectivity index (χ1) is 16.0. The molecule has 2 aromatic heterocycles. The van der Waals surface area contributed by atoms with Crippen LogP contribution in [0.2, 0.25) is 0 Å². The van der Waals surface area contributed by atoms with Gasteiger partial charge in [-0.3, -0.25) is 14.7 Å². The number of alkyl halides is 4. The molecule has 0 aliphatic heterocycles. The van der Waals surface area contributed by atoms with Crippen LogP contribution in [0.3, 0.4) is 0 Å². The number of anilines is 1. The zero-order valence-corrected chi connectivity index (χ0v) is 20.7. The van der Waals surface area contributed by atoms with Crippen LogP contribution in [0.25, 0.3) is 0 Å². The Kier molecular flexibility index (Phi) is 8.67. The van der Waals surface area contributed by atoms with E-state index in [0.29, 0.717) is 25.2 Å². The lowest BCUT2D eigenvalue weighted by atomic mass is 9.71. The molecule has 0 unspecified atom stereocenters. The van der Waals surface area contributed by atoms with Gasteiger partial charge < -0.3 is 4.74 Å². The quantitative estimate of drug-likeness (QED) is 0.239. The predicted octanol–water partition coefficient (Wildman–Crippen LogP) is 6.50. The second-order valence-electron chi connectivity index (χ2n) is 8.99. The van der Waals surface area contributed by atoms with Gasteiger partial charge in [-0.05, 0) is 63.3 Å². The smallest absolute Gasteiger partial charge is 0.317 e. The molecule has 1 saturated carbocycles. The fourth-order valence-electron chi connectivity index (χ4n) is 4.15. The molecule has 2 aromatic rings. The Balaban J connectivity index is 1.54. The fraction of sp³-hybridized carbons (Fsp3) is 0.542. The summed E-state index contributed by atoms with van der Waals surface area (Å²) in [6.45, 7) is -0.00716. The van der Waals surface area contributed by atoms with Gasteiger partial charge in [0.2, 0.25) is 5.91 Å². The Morgan fingerprint density at radius 3 is 2.56 bits per heavy atom. The van der Waals surface area contributed by atoms with Crippen LogP contribution >= 0.6 is 15.9 Å². The third-order valence-corrected chi connectivity index (χ3v) is 6.47. The number of ether oxygens (including phenoxy) is 1. The number of amides is 1. The monoisotopic (exact) mass is 545 g/mol. The first kappa shape index (κ1) is 26.5. The minimum atomic E-state index is -2.91. The standard InChI is InChI=1S/C24H28BrF4N3O2/c1-23(34-22(26)27)13-16(14-23)21(33)32(20-12-18(25)9-10-30-20)11-5-3-4-6-19-8-7-17(15-31-19)24(2,28)29/h7-10,12,15-16,22H,3-6,11,13-14H2,1-2H3. The molecule has 5 nitrogen and oxygen atoms in total. The van der Waals surface area contributed by atoms with Gasteiger partial charge in [-0.1, -0.05) is 22.4 Å². The van der Waals surface area contributed by atoms with E-state index in [1.54, 1.807) is 36.2 Å². The second kappa shape index (κ2) is 11.1. The Hall–Kier alpha value is -2.07. The number of aromatic nitrogens is 2. The summed E-state index contributed by atoms with van der Waals surface area (Å²) in [5, 5.41) is 0. The molecule has 1 aliphatic rings. The van der Waals surface area contributed by atoms with Gasteiger partial charge in [0.05, 0.1) is 5.60 Å². The molecule has 0 spiro atoms. The molecule has 0 radical (unpaired) electrons. The Bertz CT molecular complexity index is 963. The molecule has 186 valence electrons. The van der Waals surface area contributed by atoms with E-state index in [9.17, 15) is 22.4 Å². The number of halogens is 5. The van der Waals surface area contributed by atoms with Crippen LogP contribution in [0.1, 0.15) is 57.2 Å². The van der Waals surface area contributed by atoms with Gasteiger partial charge in [-0.25, -0.2) is 13.8 Å². The highest BCUT2D eigenvalue weighted by atomic mass is 79.9. The number of hydrogen-bond acceptors (Lipinski definition) is 4. The predicted molar refractivity (Wildman–Crippen MR) is 124 cm³/mol. The van der Waals surface area contributed by atoms with E-state index in [1.807, 2.05) is 0 Å². The van der Waals surface area contributed by atoms with Crippen LogP contribution in [0.5, 0.6) is 0 Å². The third-order valence-electron chi connectivity index (χ3n) is 5.98. The summed E-state index contributed by atoms with van der Waals surface area (Å²) in [7, 11) is 0. The van der Waals surface area contributed by atoms with E-state index in [0.717, 1.165) is 29.9 Å². The van der Waals surface area contributed by atoms with Crippen molar-refractivity contribution in [3.63, 3.8) is 0 Å². The van der Waals surface area contributed by atoms with Crippen molar-refractivity contribution < 1.29 is 27.1 Å². The number of carbonyl (C=O) groups excluding carboxylic acids is 1. The lowest BCUT2D eigenvalue weighted by molar-refractivity contribution is -0.237. The number of carbonyl (C=O) groups is 1. The number of aryl methyl sites for hydroxylation is 1. The van der Waals surface area contributed by atoms with Gasteiger partial charge >= 0.3 is 6.61 Å². The average molecular weight is 546 g/mol. The van der Waals surface area contributed by atoms with Crippen LogP contribution < -0.4 is 4.90 Å². The van der Waals surface area contributed by atoms with Crippen molar-refractivity contribution in [1.29, 1.82) is 0 Å². The molecular weight excluding hydrogens is 518 g/mol. The SMILES string of the molecule is CC1(OC(F)F)CC(C(=O)N(CCCCCc2ccc(C(C)(F)F)cn2)c2cc(Br)ccn2)C1. The lowest BCUT2D eigenvalue weighted by Gasteiger charge is -2.45. The maximum absolute atomic E-state index is 13.3. The molecule has 0 N–H and O–H groups in total. The molecule has 0 atom stereocenters. The number of unbranched alkanes of at least 4 members (excludes halogenated alkanes) is 2. The van der Waals surface area contributed by atoms with Crippen molar-refractivity contribution in [3.8, 4) is 0 Å². The number of rotatable bonds is 11. The largest absolute Gasteiger partial charge is 0.345 e. The highest BCUT2D eigenvalue weighted by Crippen LogP contribution is 2.43. The van der Waals surface area contributed by atoms with Gasteiger partial charge in [-0.15, -0.1) is 0 Å². The molecule has 3 rings (SSSR count). The molecule has 1 fully saturated rings. The van der Waals surface area contributed by atoms with Gasteiger partial charge in [0.1, 0.15) is 5.82 Å². The highest BCUT2D eigenvalue weighted by molar-refractivity contribution is 9.10. The summed E-state index contributed by atoms with van der Waals surface area (Å²) in [5.41, 5.74) is -0.366. The van der Waals surface area contributed by atoms with Crippen molar-refractivity contribution in [2.75, 3.05) is 11.4 Å². The summed E-state index contributed by atoms with van der Waals surface area (Å²) < 4.78 is 57.3. The van der Waals surface area contributed by atoms with Crippen molar-refractivity contribution >= 4 is 27.7 Å². The normalized spacial score (nSPS) is 20.3. The van der Waals surface area contributed by atoms with Gasteiger partial charge in [0, 0.05) is 47.5 Å². The van der Waals surface area contributed by atoms with Crippen molar-refractivity contribution in [3.05, 3.63) is 52.4 Å². The molecular formula is C24H28BrF4N3O2. The van der Waals surface area contributed by atoms with E-state index < -0.39 is 24.1 Å². The summed E-state index contributed by atoms with van der Waals surface area (Å²) in [5.74, 6) is -2.96. The zero-order valence-electron chi connectivity index (χ0n) is 19.1. The fourth-order valence-corrected chi connectivity index (χ4v) is 4.48. The van der Waals surface area contributed by atoms with E-state index in [4.69, 9.17) is 0 Å². The Labute approximate surface area is 205 Å². The van der Waals surface area contributed by atoms with Crippen LogP contribution in [-0.2, 0) is 21.9 Å². The lowest BCUT2D eigenvalue weighted by Crippen LogP contribution is -2.52. The Morgan fingerprint density at radius 2 is 1.97 bits per heavy atom. The van der Waals surface area contributed by atoms with E-state index in [1.165, 1.54) is 12.3 Å². The number of pyridine rings is 2. The summed E-state index contributed by atoms with van der Waals surface area (Å²) in [6, 6.07) is 6.52. The van der Waals surface area contributed by atoms with Gasteiger partial charge in [0.25, 0.3) is 5.92 Å². The molecule has 1 aliphatic carbocycles. The molecule has 0 bridgehead atoms. The van der Waals surface area contributed by atoms with Gasteiger partial charge in [0.15, 0.2) is 0 Å². The van der Waals surface area contributed by atoms with Crippen LogP contribution in [0.4, 0.5) is 23.4 Å². The summed E-state index contributed by atoms with van der Waals surface area (Å²) >= 11 is 3.39. The first-order valence-electron chi connectivity index (χ1n) is 11.2. The number of hydrogen-bond donors (Lipinski definition) is 0. The van der Waals surface area contributed by atoms with Crippen molar-refractivity contribution in [2.45, 2.75) is 70.5 Å². The van der Waals surface area contributed by atoms with Crippen LogP contribution in [0.15, 0.2) is 41.1 Å². The topological polar surface area (TPSA) is 55.3 Å². The van der Waals surface area contributed by atoms with E-state index >= 15 is 0 Å². The number of nitrogens with zero attached hydrogens (tertiary/aromatic N) is 3. The second-order valence-corrected chi connectivity index (χ2v) is 9.91. The molecule has 10 heteroatoms. The van der Waals surface area contributed by atoms with E-state index in [-0.39, 0.29) is 24.3 Å². The summed E-state index contributed by atoms with van der Waals surface area (Å²) in [6.07, 6.45) is 6.19. The maximum Gasteiger partial charge on any atom is 0.345 e. The maximum atomic E-state index is 13.3. The third kappa shape index (κ3) is 7.21. The average Bonchev–Trinajstić information content (AvgIpc) is 2.73. The molecule has 34 heavy (non-hydrogen) atoms. The van der Waals surface area contributed by atoms with E-state index in [2.05, 4.69) is 30.6 Å². The van der Waals surface area contributed by atoms with Crippen molar-refractivity contribution in [1.82, 2.24) is 9.97 Å². The first-order valence-corrected chi connectivity index (χ1v) is 12.0. The van der Waals surface area contributed by atoms with Gasteiger partial charge in [-0.2, -0.15) is 8.78 Å². The molecule has 1 amide bonds. The minimum absolute atomic E-state index is 0.113. The van der Waals surface area contributed by atoms with Crippen LogP contribution in [0, 0.1) is 5.92 Å². The minimum Gasteiger partial charge on any atom is -0.317 e. The zero-order chi connectivity index (χ0) is 24.9.